The third kappa shape index (κ3) is 1.78. The molecule has 0 saturated carbocycles. The SMILES string of the molecule is Cc1cc2c(c3c1NC(=O)C3(C)C)OC(Cc1ncc[nH]1)C2. The minimum atomic E-state index is -0.551. The minimum absolute atomic E-state index is 0.0390. The first-order valence-electron chi connectivity index (χ1n) is 7.60. The van der Waals surface area contributed by atoms with E-state index in [4.69, 9.17) is 4.74 Å². The number of anilines is 1. The largest absolute Gasteiger partial charge is 0.489 e. The second-order valence-corrected chi connectivity index (χ2v) is 6.69. The van der Waals surface area contributed by atoms with Crippen molar-refractivity contribution >= 4 is 11.6 Å². The molecule has 2 aromatic rings. The number of ether oxygens (including phenoxy) is 1. The summed E-state index contributed by atoms with van der Waals surface area (Å²) in [6.45, 7) is 5.95. The van der Waals surface area contributed by atoms with Gasteiger partial charge in [0.25, 0.3) is 0 Å². The maximum Gasteiger partial charge on any atom is 0.234 e. The average molecular weight is 297 g/mol. The van der Waals surface area contributed by atoms with Gasteiger partial charge in [0, 0.05) is 30.8 Å². The third-order valence-electron chi connectivity index (χ3n) is 4.69. The van der Waals surface area contributed by atoms with E-state index in [2.05, 4.69) is 21.4 Å². The third-order valence-corrected chi connectivity index (χ3v) is 4.69. The minimum Gasteiger partial charge on any atom is -0.489 e. The number of hydrogen-bond acceptors (Lipinski definition) is 3. The highest BCUT2D eigenvalue weighted by Gasteiger charge is 2.44. The molecule has 0 bridgehead atoms. The summed E-state index contributed by atoms with van der Waals surface area (Å²) in [6, 6.07) is 2.14. The molecule has 1 unspecified atom stereocenters. The summed E-state index contributed by atoms with van der Waals surface area (Å²) >= 11 is 0. The number of nitrogens with one attached hydrogen (secondary N) is 2. The second-order valence-electron chi connectivity index (χ2n) is 6.69. The summed E-state index contributed by atoms with van der Waals surface area (Å²) in [5.41, 5.74) is 3.68. The molecule has 3 heterocycles. The number of aromatic amines is 1. The summed E-state index contributed by atoms with van der Waals surface area (Å²) < 4.78 is 6.21. The Morgan fingerprint density at radius 1 is 1.45 bits per heavy atom. The van der Waals surface area contributed by atoms with Gasteiger partial charge in [0.15, 0.2) is 0 Å². The van der Waals surface area contributed by atoms with Crippen LogP contribution in [-0.4, -0.2) is 22.0 Å². The van der Waals surface area contributed by atoms with E-state index in [-0.39, 0.29) is 12.0 Å². The van der Waals surface area contributed by atoms with Gasteiger partial charge in [-0.15, -0.1) is 0 Å². The Morgan fingerprint density at radius 2 is 2.27 bits per heavy atom. The van der Waals surface area contributed by atoms with Crippen molar-refractivity contribution in [2.24, 2.45) is 0 Å². The summed E-state index contributed by atoms with van der Waals surface area (Å²) in [5, 5.41) is 3.01. The smallest absolute Gasteiger partial charge is 0.234 e. The molecule has 5 nitrogen and oxygen atoms in total. The molecule has 0 fully saturated rings. The zero-order chi connectivity index (χ0) is 15.5. The lowest BCUT2D eigenvalue weighted by atomic mass is 9.83. The molecule has 1 aromatic heterocycles. The van der Waals surface area contributed by atoms with Crippen molar-refractivity contribution in [3.63, 3.8) is 0 Å². The van der Waals surface area contributed by atoms with Gasteiger partial charge in [0.1, 0.15) is 17.7 Å². The quantitative estimate of drug-likeness (QED) is 0.895. The molecular formula is C17H19N3O2. The Kier molecular flexibility index (Phi) is 2.64. The maximum absolute atomic E-state index is 12.3. The van der Waals surface area contributed by atoms with E-state index in [0.29, 0.717) is 0 Å². The summed E-state index contributed by atoms with van der Waals surface area (Å²) in [5.74, 6) is 1.86. The van der Waals surface area contributed by atoms with Gasteiger partial charge < -0.3 is 15.0 Å². The molecule has 1 amide bonds. The number of carbonyl (C=O) groups is 1. The molecule has 1 atom stereocenters. The van der Waals surface area contributed by atoms with Crippen molar-refractivity contribution in [3.05, 3.63) is 41.0 Å². The highest BCUT2D eigenvalue weighted by Crippen LogP contribution is 2.49. The number of aromatic nitrogens is 2. The van der Waals surface area contributed by atoms with Gasteiger partial charge >= 0.3 is 0 Å². The molecule has 0 spiro atoms. The predicted molar refractivity (Wildman–Crippen MR) is 83.2 cm³/mol. The van der Waals surface area contributed by atoms with Crippen LogP contribution < -0.4 is 10.1 Å². The fraction of sp³-hybridized carbons (Fsp3) is 0.412. The maximum atomic E-state index is 12.3. The second kappa shape index (κ2) is 4.35. The van der Waals surface area contributed by atoms with Crippen LogP contribution >= 0.6 is 0 Å². The van der Waals surface area contributed by atoms with Crippen LogP contribution in [0.2, 0.25) is 0 Å². The molecule has 0 aliphatic carbocycles. The van der Waals surface area contributed by atoms with E-state index in [1.54, 1.807) is 6.20 Å². The van der Waals surface area contributed by atoms with Gasteiger partial charge in [-0.1, -0.05) is 6.07 Å². The number of hydrogen-bond donors (Lipinski definition) is 2. The zero-order valence-electron chi connectivity index (χ0n) is 13.0. The van der Waals surface area contributed by atoms with Crippen molar-refractivity contribution in [1.82, 2.24) is 9.97 Å². The van der Waals surface area contributed by atoms with Crippen LogP contribution in [0, 0.1) is 6.92 Å². The molecule has 4 rings (SSSR count). The monoisotopic (exact) mass is 297 g/mol. The van der Waals surface area contributed by atoms with Gasteiger partial charge in [-0.2, -0.15) is 0 Å². The first-order chi connectivity index (χ1) is 10.5. The zero-order valence-corrected chi connectivity index (χ0v) is 13.0. The fourth-order valence-electron chi connectivity index (χ4n) is 3.49. The number of amides is 1. The molecule has 0 radical (unpaired) electrons. The normalized spacial score (nSPS) is 21.2. The number of fused-ring (bicyclic) bond motifs is 3. The van der Waals surface area contributed by atoms with E-state index < -0.39 is 5.41 Å². The number of rotatable bonds is 2. The lowest BCUT2D eigenvalue weighted by Crippen LogP contribution is -2.27. The molecule has 2 N–H and O–H groups in total. The highest BCUT2D eigenvalue weighted by atomic mass is 16.5. The van der Waals surface area contributed by atoms with Gasteiger partial charge in [-0.3, -0.25) is 4.79 Å². The first kappa shape index (κ1) is 13.4. The molecule has 5 heteroatoms. The molecule has 114 valence electrons. The Bertz CT molecular complexity index is 763. The topological polar surface area (TPSA) is 67.0 Å². The Balaban J connectivity index is 1.73. The van der Waals surface area contributed by atoms with Crippen molar-refractivity contribution in [1.29, 1.82) is 0 Å². The molecule has 2 aliphatic heterocycles. The lowest BCUT2D eigenvalue weighted by Gasteiger charge is -2.19. The molecule has 22 heavy (non-hydrogen) atoms. The van der Waals surface area contributed by atoms with E-state index >= 15 is 0 Å². The van der Waals surface area contributed by atoms with Crippen LogP contribution in [-0.2, 0) is 23.1 Å². The van der Waals surface area contributed by atoms with Gasteiger partial charge in [-0.25, -0.2) is 4.98 Å². The Labute approximate surface area is 129 Å². The van der Waals surface area contributed by atoms with Crippen molar-refractivity contribution < 1.29 is 9.53 Å². The predicted octanol–water partition coefficient (Wildman–Crippen LogP) is 2.49. The lowest BCUT2D eigenvalue weighted by molar-refractivity contribution is -0.119. The van der Waals surface area contributed by atoms with Gasteiger partial charge in [0.05, 0.1) is 11.1 Å². The fourth-order valence-corrected chi connectivity index (χ4v) is 3.49. The Hall–Kier alpha value is -2.30. The van der Waals surface area contributed by atoms with Crippen molar-refractivity contribution in [2.45, 2.75) is 45.1 Å². The number of nitrogens with zero attached hydrogens (tertiary/aromatic N) is 1. The average Bonchev–Trinajstić information content (AvgIpc) is 3.12. The number of carbonyl (C=O) groups excluding carboxylic acids is 1. The molecule has 2 aliphatic rings. The molecule has 1 aromatic carbocycles. The van der Waals surface area contributed by atoms with Crippen LogP contribution in [0.25, 0.3) is 0 Å². The highest BCUT2D eigenvalue weighted by molar-refractivity contribution is 6.07. The van der Waals surface area contributed by atoms with Crippen molar-refractivity contribution in [3.8, 4) is 5.75 Å². The van der Waals surface area contributed by atoms with Crippen LogP contribution in [0.5, 0.6) is 5.75 Å². The number of H-pyrrole nitrogens is 1. The Morgan fingerprint density at radius 3 is 3.00 bits per heavy atom. The number of imidazole rings is 1. The van der Waals surface area contributed by atoms with E-state index in [0.717, 1.165) is 41.2 Å². The summed E-state index contributed by atoms with van der Waals surface area (Å²) in [6.07, 6.45) is 5.25. The van der Waals surface area contributed by atoms with Crippen LogP contribution in [0.4, 0.5) is 5.69 Å². The van der Waals surface area contributed by atoms with Crippen LogP contribution in [0.1, 0.15) is 36.4 Å². The molecule has 0 saturated heterocycles. The van der Waals surface area contributed by atoms with Crippen molar-refractivity contribution in [2.75, 3.05) is 5.32 Å². The molecular weight excluding hydrogens is 278 g/mol. The van der Waals surface area contributed by atoms with Crippen LogP contribution in [0.3, 0.4) is 0 Å². The van der Waals surface area contributed by atoms with E-state index in [1.165, 1.54) is 5.56 Å². The summed E-state index contributed by atoms with van der Waals surface area (Å²) in [4.78, 5) is 19.7. The van der Waals surface area contributed by atoms with Gasteiger partial charge in [0.2, 0.25) is 5.91 Å². The number of aryl methyl sites for hydroxylation is 1. The van der Waals surface area contributed by atoms with E-state index in [9.17, 15) is 4.79 Å². The first-order valence-corrected chi connectivity index (χ1v) is 7.60. The van der Waals surface area contributed by atoms with E-state index in [1.807, 2.05) is 27.0 Å². The summed E-state index contributed by atoms with van der Waals surface area (Å²) in [7, 11) is 0. The van der Waals surface area contributed by atoms with Crippen LogP contribution in [0.15, 0.2) is 18.5 Å². The van der Waals surface area contributed by atoms with Gasteiger partial charge in [-0.05, 0) is 31.9 Å². The number of benzene rings is 1. The standard InChI is InChI=1S/C17H19N3O2/c1-9-6-10-7-11(8-12-18-4-5-19-12)22-15(10)13-14(9)20-16(21)17(13,2)3/h4-6,11H,7-8H2,1-3H3,(H,18,19)(H,20,21).